The molecule has 0 radical (unpaired) electrons. The van der Waals surface area contributed by atoms with Crippen LogP contribution < -0.4 is 25.4 Å². The molecule has 0 spiro atoms. The molecule has 5 aliphatic rings. The number of hydrogen-bond acceptors (Lipinski definition) is 9. The SMILES string of the molecule is Cc1c(F)c(N)cc(-c2nc3c4c(nc(OCC56CCN5CC(F)(F)C6)nc4c2F)N2C[C@H]4CC[C@H](N4)[C@H]2[C@H](C(F)(F)F)O3)c1C(F)(F)F. The van der Waals surface area contributed by atoms with Gasteiger partial charge in [-0.15, -0.1) is 0 Å². The van der Waals surface area contributed by atoms with E-state index in [1.54, 1.807) is 0 Å². The fourth-order valence-corrected chi connectivity index (χ4v) is 8.17. The number of anilines is 2. The Bertz CT molecular complexity index is 1890. The van der Waals surface area contributed by atoms with Crippen LogP contribution in [-0.4, -0.2) is 88.0 Å². The van der Waals surface area contributed by atoms with E-state index in [2.05, 4.69) is 20.3 Å². The minimum absolute atomic E-state index is 0.0404. The molecular weight excluding hydrogens is 680 g/mol. The number of piperazine rings is 1. The number of nitrogen functional groups attached to an aromatic ring is 1. The van der Waals surface area contributed by atoms with Crippen molar-refractivity contribution in [1.29, 1.82) is 0 Å². The van der Waals surface area contributed by atoms with Gasteiger partial charge < -0.3 is 25.4 Å². The summed E-state index contributed by atoms with van der Waals surface area (Å²) < 4.78 is 159. The van der Waals surface area contributed by atoms with Gasteiger partial charge in [0.25, 0.3) is 5.92 Å². The van der Waals surface area contributed by atoms with Gasteiger partial charge in [0.15, 0.2) is 5.82 Å². The summed E-state index contributed by atoms with van der Waals surface area (Å²) in [5, 5.41) is 2.67. The number of nitrogens with two attached hydrogens (primary N) is 1. The number of fused-ring (bicyclic) bond motifs is 6. The summed E-state index contributed by atoms with van der Waals surface area (Å²) in [5.41, 5.74) is -1.90. The molecule has 4 saturated heterocycles. The van der Waals surface area contributed by atoms with Crippen molar-refractivity contribution in [3.8, 4) is 23.1 Å². The lowest BCUT2D eigenvalue weighted by atomic mass is 9.85. The summed E-state index contributed by atoms with van der Waals surface area (Å²) in [6, 6.07) is -2.65. The monoisotopic (exact) mass is 707 g/mol. The second kappa shape index (κ2) is 10.3. The van der Waals surface area contributed by atoms with Crippen LogP contribution in [-0.2, 0) is 6.18 Å². The van der Waals surface area contributed by atoms with E-state index in [0.29, 0.717) is 31.9 Å². The van der Waals surface area contributed by atoms with E-state index in [1.807, 2.05) is 0 Å². The predicted molar refractivity (Wildman–Crippen MR) is 152 cm³/mol. The second-order valence-electron chi connectivity index (χ2n) is 13.4. The molecule has 0 aliphatic carbocycles. The van der Waals surface area contributed by atoms with Crippen LogP contribution in [0.1, 0.15) is 36.8 Å². The van der Waals surface area contributed by atoms with E-state index in [-0.39, 0.29) is 25.0 Å². The van der Waals surface area contributed by atoms with Gasteiger partial charge in [0.05, 0.1) is 29.4 Å². The third-order valence-corrected chi connectivity index (χ3v) is 10.4. The van der Waals surface area contributed by atoms with Gasteiger partial charge in [-0.05, 0) is 37.8 Å². The minimum Gasteiger partial charge on any atom is -0.462 e. The molecule has 7 heterocycles. The number of hydrogen-bond donors (Lipinski definition) is 2. The summed E-state index contributed by atoms with van der Waals surface area (Å²) in [7, 11) is 0. The first-order chi connectivity index (χ1) is 22.9. The van der Waals surface area contributed by atoms with Crippen molar-refractivity contribution in [2.45, 2.75) is 80.7 Å². The number of nitrogens with one attached hydrogen (secondary N) is 1. The number of alkyl halides is 8. The number of benzene rings is 1. The predicted octanol–water partition coefficient (Wildman–Crippen LogP) is 5.37. The summed E-state index contributed by atoms with van der Waals surface area (Å²) in [6.07, 6.45) is -12.3. The van der Waals surface area contributed by atoms with Crippen molar-refractivity contribution < 1.29 is 53.4 Å². The maximum atomic E-state index is 16.7. The van der Waals surface area contributed by atoms with E-state index in [0.717, 1.165) is 6.92 Å². The van der Waals surface area contributed by atoms with Gasteiger partial charge >= 0.3 is 18.4 Å². The Kier molecular flexibility index (Phi) is 6.82. The zero-order valence-corrected chi connectivity index (χ0v) is 25.5. The molecule has 264 valence electrons. The van der Waals surface area contributed by atoms with E-state index in [4.69, 9.17) is 15.2 Å². The highest BCUT2D eigenvalue weighted by Crippen LogP contribution is 2.50. The second-order valence-corrected chi connectivity index (χ2v) is 13.4. The fraction of sp³-hybridized carbons (Fsp3) is 0.567. The van der Waals surface area contributed by atoms with E-state index >= 15 is 4.39 Å². The lowest BCUT2D eigenvalue weighted by Gasteiger charge is -2.46. The zero-order valence-electron chi connectivity index (χ0n) is 25.5. The Morgan fingerprint density at radius 1 is 1.08 bits per heavy atom. The lowest BCUT2D eigenvalue weighted by Crippen LogP contribution is -2.66. The van der Waals surface area contributed by atoms with Crippen molar-refractivity contribution in [2.75, 3.05) is 36.9 Å². The average Bonchev–Trinajstić information content (AvgIpc) is 3.41. The Morgan fingerprint density at radius 3 is 2.49 bits per heavy atom. The van der Waals surface area contributed by atoms with Gasteiger partial charge in [0.2, 0.25) is 12.0 Å². The van der Waals surface area contributed by atoms with Crippen LogP contribution in [0.3, 0.4) is 0 Å². The highest BCUT2D eigenvalue weighted by atomic mass is 19.4. The lowest BCUT2D eigenvalue weighted by molar-refractivity contribution is -0.203. The Balaban J connectivity index is 1.36. The summed E-state index contributed by atoms with van der Waals surface area (Å²) in [6.45, 7) is 0.227. The van der Waals surface area contributed by atoms with Crippen LogP contribution in [0.4, 0.5) is 55.4 Å². The van der Waals surface area contributed by atoms with E-state index < -0.39 is 117 Å². The molecule has 8 rings (SSSR count). The van der Waals surface area contributed by atoms with Crippen molar-refractivity contribution in [2.24, 2.45) is 0 Å². The largest absolute Gasteiger partial charge is 0.462 e. The molecule has 5 aliphatic heterocycles. The molecule has 3 N–H and O–H groups in total. The molecule has 5 atom stereocenters. The topological polar surface area (TPSA) is 102 Å². The molecule has 3 aromatic rings. The fourth-order valence-electron chi connectivity index (χ4n) is 8.17. The molecule has 0 saturated carbocycles. The third-order valence-electron chi connectivity index (χ3n) is 10.4. The van der Waals surface area contributed by atoms with Crippen LogP contribution in [0, 0.1) is 18.6 Å². The molecule has 2 aromatic heterocycles. The van der Waals surface area contributed by atoms with Gasteiger partial charge in [0.1, 0.15) is 34.8 Å². The first-order valence-electron chi connectivity index (χ1n) is 15.5. The summed E-state index contributed by atoms with van der Waals surface area (Å²) in [5.74, 6) is -7.13. The van der Waals surface area contributed by atoms with Gasteiger partial charge in [-0.2, -0.15) is 36.3 Å². The average molecular weight is 708 g/mol. The maximum absolute atomic E-state index is 16.7. The van der Waals surface area contributed by atoms with Crippen LogP contribution in [0.15, 0.2) is 6.07 Å². The van der Waals surface area contributed by atoms with Crippen molar-refractivity contribution in [1.82, 2.24) is 25.2 Å². The number of aromatic nitrogens is 3. The molecule has 0 amide bonds. The Morgan fingerprint density at radius 2 is 1.84 bits per heavy atom. The highest BCUT2D eigenvalue weighted by Gasteiger charge is 2.60. The normalized spacial score (nSPS) is 28.9. The number of pyridine rings is 1. The van der Waals surface area contributed by atoms with Crippen LogP contribution >= 0.6 is 0 Å². The summed E-state index contributed by atoms with van der Waals surface area (Å²) >= 11 is 0. The molecular formula is C30H27F10N7O2. The van der Waals surface area contributed by atoms with Gasteiger partial charge in [-0.25, -0.2) is 22.5 Å². The first-order valence-corrected chi connectivity index (χ1v) is 15.5. The standard InChI is InChI=1S/C30H27F10N7O2/c1-11-17(29(35,36)37)13(6-14(41)18(11)31)20-19(32)21-16-24(45-26(44-21)48-10-27-4-5-46(27)9-28(33,34)8-27)47-7-12-2-3-15(42-12)22(47)23(30(38,39)40)49-25(16)43-20/h6,12,15,22-23,42H,2-5,7-10,41H2,1H3/t12-,15+,22+,23-,27?/m1/s1. The van der Waals surface area contributed by atoms with Gasteiger partial charge in [-0.1, -0.05) is 0 Å². The number of ether oxygens (including phenoxy) is 2. The Labute approximate surface area is 270 Å². The van der Waals surface area contributed by atoms with Gasteiger partial charge in [-0.3, -0.25) is 4.90 Å². The highest BCUT2D eigenvalue weighted by molar-refractivity contribution is 5.97. The van der Waals surface area contributed by atoms with Gasteiger partial charge in [0, 0.05) is 37.2 Å². The number of rotatable bonds is 4. The smallest absolute Gasteiger partial charge is 0.427 e. The minimum atomic E-state index is -5.28. The van der Waals surface area contributed by atoms with Crippen LogP contribution in [0.5, 0.6) is 11.9 Å². The molecule has 4 fully saturated rings. The molecule has 1 unspecified atom stereocenters. The third kappa shape index (κ3) is 4.92. The molecule has 9 nitrogen and oxygen atoms in total. The molecule has 19 heteroatoms. The van der Waals surface area contributed by atoms with E-state index in [9.17, 15) is 39.5 Å². The quantitative estimate of drug-likeness (QED) is 0.274. The number of nitrogens with zero attached hydrogens (tertiary/aromatic N) is 5. The maximum Gasteiger partial charge on any atom is 0.427 e. The summed E-state index contributed by atoms with van der Waals surface area (Å²) in [4.78, 5) is 15.1. The zero-order chi connectivity index (χ0) is 35.0. The number of halogens is 10. The van der Waals surface area contributed by atoms with Crippen molar-refractivity contribution in [3.05, 3.63) is 28.8 Å². The van der Waals surface area contributed by atoms with Crippen molar-refractivity contribution in [3.63, 3.8) is 0 Å². The van der Waals surface area contributed by atoms with E-state index in [1.165, 1.54) is 9.80 Å². The molecule has 2 bridgehead atoms. The first kappa shape index (κ1) is 32.3. The van der Waals surface area contributed by atoms with Crippen molar-refractivity contribution >= 4 is 22.4 Å². The Hall–Kier alpha value is -3.87. The molecule has 1 aromatic carbocycles. The molecule has 49 heavy (non-hydrogen) atoms. The van der Waals surface area contributed by atoms with Crippen LogP contribution in [0.25, 0.3) is 22.2 Å². The van der Waals surface area contributed by atoms with Crippen LogP contribution in [0.2, 0.25) is 0 Å².